The number of nitrogens with zero attached hydrogens (tertiary/aromatic N) is 1. The molecule has 0 saturated carbocycles. The highest BCUT2D eigenvalue weighted by Crippen LogP contribution is 2.32. The Bertz CT molecular complexity index is 462. The first-order valence-corrected chi connectivity index (χ1v) is 5.29. The van der Waals surface area contributed by atoms with Gasteiger partial charge in [-0.05, 0) is 13.8 Å². The van der Waals surface area contributed by atoms with E-state index in [1.54, 1.807) is 4.68 Å². The number of aromatic nitrogens is 2. The molecule has 3 atom stereocenters. The predicted octanol–water partition coefficient (Wildman–Crippen LogP) is 0.642. The summed E-state index contributed by atoms with van der Waals surface area (Å²) in [6.45, 7) is 3.86. The summed E-state index contributed by atoms with van der Waals surface area (Å²) in [6.07, 6.45) is 0.0922. The van der Waals surface area contributed by atoms with E-state index in [4.69, 9.17) is 5.11 Å². The molecule has 1 aromatic rings. The molecule has 1 aliphatic rings. The number of aromatic amines is 1. The van der Waals surface area contributed by atoms with Gasteiger partial charge in [0.15, 0.2) is 0 Å². The molecule has 0 aromatic carbocycles. The lowest BCUT2D eigenvalue weighted by atomic mass is 9.89. The maximum Gasteiger partial charge on any atom is 0.303 e. The molecule has 0 amide bonds. The normalized spacial score (nSPS) is 28.2. The van der Waals surface area contributed by atoms with E-state index in [1.807, 2.05) is 13.8 Å². The maximum absolute atomic E-state index is 11.2. The largest absolute Gasteiger partial charge is 0.481 e. The molecule has 16 heavy (non-hydrogen) atoms. The molecule has 0 aliphatic carbocycles. The molecule has 0 saturated heterocycles. The third kappa shape index (κ3) is 1.70. The fourth-order valence-corrected chi connectivity index (χ4v) is 2.34. The average Bonchev–Trinajstić information content (AvgIpc) is 2.53. The third-order valence-corrected chi connectivity index (χ3v) is 3.21. The summed E-state index contributed by atoms with van der Waals surface area (Å²) in [5.74, 6) is -0.122. The van der Waals surface area contributed by atoms with E-state index in [0.29, 0.717) is 0 Å². The highest BCUT2D eigenvalue weighted by molar-refractivity contribution is 5.67. The van der Waals surface area contributed by atoms with E-state index in [2.05, 4.69) is 10.4 Å². The van der Waals surface area contributed by atoms with Crippen molar-refractivity contribution in [3.8, 4) is 0 Å². The Morgan fingerprint density at radius 2 is 2.25 bits per heavy atom. The van der Waals surface area contributed by atoms with E-state index < -0.39 is 5.97 Å². The summed E-state index contributed by atoms with van der Waals surface area (Å²) in [4.78, 5) is 22.0. The van der Waals surface area contributed by atoms with Crippen LogP contribution in [-0.2, 0) is 4.79 Å². The molecular weight excluding hydrogens is 210 g/mol. The van der Waals surface area contributed by atoms with Gasteiger partial charge in [-0.25, -0.2) is 0 Å². The van der Waals surface area contributed by atoms with Gasteiger partial charge < -0.3 is 10.4 Å². The number of nitrogens with one attached hydrogen (secondary N) is 2. The van der Waals surface area contributed by atoms with Crippen LogP contribution in [0.5, 0.6) is 0 Å². The SMILES string of the molecule is C[C@H]1Nc2cc(=O)[nH]n2[C@@H](C)[C@@H]1CC(=O)O. The fraction of sp³-hybridized carbons (Fsp3) is 0.600. The minimum absolute atomic E-state index is 0.0231. The molecule has 88 valence electrons. The molecule has 0 unspecified atom stereocenters. The van der Waals surface area contributed by atoms with Gasteiger partial charge in [0.2, 0.25) is 0 Å². The maximum atomic E-state index is 11.2. The van der Waals surface area contributed by atoms with Gasteiger partial charge in [-0.15, -0.1) is 0 Å². The van der Waals surface area contributed by atoms with Crippen molar-refractivity contribution in [2.75, 3.05) is 5.32 Å². The predicted molar refractivity (Wildman–Crippen MR) is 58.6 cm³/mol. The van der Waals surface area contributed by atoms with Crippen LogP contribution in [0.4, 0.5) is 5.82 Å². The van der Waals surface area contributed by atoms with Crippen molar-refractivity contribution in [1.29, 1.82) is 0 Å². The fourth-order valence-electron chi connectivity index (χ4n) is 2.34. The smallest absolute Gasteiger partial charge is 0.303 e. The Kier molecular flexibility index (Phi) is 2.49. The summed E-state index contributed by atoms with van der Waals surface area (Å²) in [6, 6.07) is 1.51. The molecule has 2 rings (SSSR count). The zero-order valence-corrected chi connectivity index (χ0v) is 9.23. The van der Waals surface area contributed by atoms with E-state index >= 15 is 0 Å². The first-order chi connectivity index (χ1) is 7.49. The van der Waals surface area contributed by atoms with Crippen molar-refractivity contribution in [3.05, 3.63) is 16.4 Å². The van der Waals surface area contributed by atoms with Crippen molar-refractivity contribution in [2.45, 2.75) is 32.4 Å². The van der Waals surface area contributed by atoms with Gasteiger partial charge >= 0.3 is 5.97 Å². The van der Waals surface area contributed by atoms with E-state index in [1.165, 1.54) is 6.07 Å². The Hall–Kier alpha value is -1.72. The van der Waals surface area contributed by atoms with Crippen molar-refractivity contribution in [1.82, 2.24) is 9.78 Å². The molecule has 3 N–H and O–H groups in total. The van der Waals surface area contributed by atoms with E-state index in [-0.39, 0.29) is 30.0 Å². The molecule has 1 aromatic heterocycles. The van der Waals surface area contributed by atoms with E-state index in [0.717, 1.165) is 5.82 Å². The van der Waals surface area contributed by atoms with Crippen LogP contribution >= 0.6 is 0 Å². The lowest BCUT2D eigenvalue weighted by Gasteiger charge is -2.36. The molecule has 0 bridgehead atoms. The zero-order chi connectivity index (χ0) is 11.9. The summed E-state index contributed by atoms with van der Waals surface area (Å²) in [5.41, 5.74) is -0.169. The average molecular weight is 225 g/mol. The van der Waals surface area contributed by atoms with Crippen molar-refractivity contribution in [2.24, 2.45) is 5.92 Å². The van der Waals surface area contributed by atoms with Crippen molar-refractivity contribution < 1.29 is 9.90 Å². The number of H-pyrrole nitrogens is 1. The third-order valence-electron chi connectivity index (χ3n) is 3.21. The minimum atomic E-state index is -0.816. The number of carboxylic acid groups (broad SMARTS) is 1. The first kappa shape index (κ1) is 10.8. The molecule has 0 spiro atoms. The second kappa shape index (κ2) is 3.70. The van der Waals surface area contributed by atoms with E-state index in [9.17, 15) is 9.59 Å². The lowest BCUT2D eigenvalue weighted by molar-refractivity contribution is -0.138. The number of carbonyl (C=O) groups is 1. The first-order valence-electron chi connectivity index (χ1n) is 5.29. The zero-order valence-electron chi connectivity index (χ0n) is 9.23. The van der Waals surface area contributed by atoms with Gasteiger partial charge in [-0.3, -0.25) is 19.4 Å². The summed E-state index contributed by atoms with van der Waals surface area (Å²) in [7, 11) is 0. The monoisotopic (exact) mass is 225 g/mol. The van der Waals surface area contributed by atoms with Gasteiger partial charge in [-0.2, -0.15) is 0 Å². The highest BCUT2D eigenvalue weighted by Gasteiger charge is 2.33. The Morgan fingerprint density at radius 3 is 2.88 bits per heavy atom. The minimum Gasteiger partial charge on any atom is -0.481 e. The lowest BCUT2D eigenvalue weighted by Crippen LogP contribution is -2.39. The molecule has 6 nitrogen and oxygen atoms in total. The molecule has 6 heteroatoms. The van der Waals surface area contributed by atoms with Crippen LogP contribution in [-0.4, -0.2) is 26.9 Å². The summed E-state index contributed by atoms with van der Waals surface area (Å²) in [5, 5.41) is 14.7. The summed E-state index contributed by atoms with van der Waals surface area (Å²) < 4.78 is 1.70. The summed E-state index contributed by atoms with van der Waals surface area (Å²) >= 11 is 0. The van der Waals surface area contributed by atoms with Crippen LogP contribution in [0.25, 0.3) is 0 Å². The van der Waals surface area contributed by atoms with Gasteiger partial charge in [0.1, 0.15) is 5.82 Å². The molecule has 0 radical (unpaired) electrons. The van der Waals surface area contributed by atoms with Gasteiger partial charge in [-0.1, -0.05) is 0 Å². The topological polar surface area (TPSA) is 87.1 Å². The number of hydrogen-bond acceptors (Lipinski definition) is 3. The standard InChI is InChI=1S/C10H15N3O3/c1-5-7(3-10(15)16)6(2)13-8(11-5)4-9(14)12-13/h4-7,11H,3H2,1-2H3,(H,12,14)(H,15,16)/t5-,6+,7-/m1/s1. The Morgan fingerprint density at radius 1 is 1.56 bits per heavy atom. The molecule has 2 heterocycles. The number of anilines is 1. The van der Waals surface area contributed by atoms with Crippen molar-refractivity contribution in [3.63, 3.8) is 0 Å². The number of fused-ring (bicyclic) bond motifs is 1. The molecule has 1 aliphatic heterocycles. The second-order valence-electron chi connectivity index (χ2n) is 4.31. The second-order valence-corrected chi connectivity index (χ2v) is 4.31. The van der Waals surface area contributed by atoms with Crippen molar-refractivity contribution >= 4 is 11.8 Å². The number of aliphatic carboxylic acids is 1. The van der Waals surface area contributed by atoms with Gasteiger partial charge in [0, 0.05) is 18.0 Å². The molecular formula is C10H15N3O3. The number of carboxylic acids is 1. The quantitative estimate of drug-likeness (QED) is 0.689. The van der Waals surface area contributed by atoms with Gasteiger partial charge in [0.25, 0.3) is 5.56 Å². The van der Waals surface area contributed by atoms with Gasteiger partial charge in [0.05, 0.1) is 12.5 Å². The van der Waals surface area contributed by atoms with Crippen LogP contribution in [0.1, 0.15) is 26.3 Å². The number of hydrogen-bond donors (Lipinski definition) is 3. The van der Waals surface area contributed by atoms with Crippen LogP contribution in [0.3, 0.4) is 0 Å². The van der Waals surface area contributed by atoms with Crippen LogP contribution < -0.4 is 10.9 Å². The Labute approximate surface area is 92.3 Å². The van der Waals surface area contributed by atoms with Crippen LogP contribution in [0, 0.1) is 5.92 Å². The number of rotatable bonds is 2. The highest BCUT2D eigenvalue weighted by atomic mass is 16.4. The Balaban J connectivity index is 2.33. The molecule has 0 fully saturated rings. The van der Waals surface area contributed by atoms with Crippen LogP contribution in [0.2, 0.25) is 0 Å². The van der Waals surface area contributed by atoms with Crippen LogP contribution in [0.15, 0.2) is 10.9 Å².